The van der Waals surface area contributed by atoms with E-state index in [1.54, 1.807) is 0 Å². The van der Waals surface area contributed by atoms with Gasteiger partial charge in [-0.2, -0.15) is 0 Å². The third-order valence-corrected chi connectivity index (χ3v) is 4.94. The van der Waals surface area contributed by atoms with Crippen molar-refractivity contribution in [2.24, 2.45) is 0 Å². The van der Waals surface area contributed by atoms with E-state index in [9.17, 15) is 0 Å². The van der Waals surface area contributed by atoms with Gasteiger partial charge in [-0.05, 0) is 32.0 Å². The largest absolute Gasteiger partial charge is 0.335 e. The minimum absolute atomic E-state index is 0.451. The normalized spacial score (nSPS) is 12.5. The first-order chi connectivity index (χ1) is 10.2. The lowest BCUT2D eigenvalue weighted by molar-refractivity contribution is 0.542. The van der Waals surface area contributed by atoms with Crippen molar-refractivity contribution in [3.8, 4) is 0 Å². The van der Waals surface area contributed by atoms with Crippen LogP contribution in [0.3, 0.4) is 0 Å². The molecule has 1 atom stereocenters. The molecule has 1 unspecified atom stereocenters. The molecule has 0 saturated heterocycles. The van der Waals surface area contributed by atoms with Crippen molar-refractivity contribution in [1.82, 2.24) is 14.9 Å². The smallest absolute Gasteiger partial charge is 0.110 e. The van der Waals surface area contributed by atoms with Crippen LogP contribution in [0.25, 0.3) is 0 Å². The van der Waals surface area contributed by atoms with Gasteiger partial charge in [0.15, 0.2) is 0 Å². The highest BCUT2D eigenvalue weighted by molar-refractivity contribution is 7.99. The molecule has 1 heterocycles. The van der Waals surface area contributed by atoms with Crippen molar-refractivity contribution in [3.05, 3.63) is 48.0 Å². The van der Waals surface area contributed by atoms with Gasteiger partial charge >= 0.3 is 0 Å². The van der Waals surface area contributed by atoms with Crippen molar-refractivity contribution in [3.63, 3.8) is 0 Å². The van der Waals surface area contributed by atoms with Crippen LogP contribution in [0.5, 0.6) is 0 Å². The van der Waals surface area contributed by atoms with Crippen molar-refractivity contribution >= 4 is 11.8 Å². The van der Waals surface area contributed by atoms with Crippen LogP contribution in [0, 0.1) is 6.92 Å². The van der Waals surface area contributed by atoms with E-state index in [1.165, 1.54) is 16.3 Å². The Hall–Kier alpha value is -1.26. The number of aryl methyl sites for hydroxylation is 2. The van der Waals surface area contributed by atoms with Crippen LogP contribution >= 0.6 is 11.8 Å². The van der Waals surface area contributed by atoms with Gasteiger partial charge in [-0.1, -0.05) is 25.1 Å². The summed E-state index contributed by atoms with van der Waals surface area (Å²) >= 11 is 1.93. The summed E-state index contributed by atoms with van der Waals surface area (Å²) in [5.74, 6) is 2.24. The maximum absolute atomic E-state index is 4.50. The van der Waals surface area contributed by atoms with E-state index in [0.717, 1.165) is 25.3 Å². The molecule has 3 nitrogen and oxygen atoms in total. The quantitative estimate of drug-likeness (QED) is 0.757. The lowest BCUT2D eigenvalue weighted by atomic mass is 10.2. The van der Waals surface area contributed by atoms with Crippen LogP contribution < -0.4 is 5.32 Å². The summed E-state index contributed by atoms with van der Waals surface area (Å²) in [6, 6.07) is 9.04. The Morgan fingerprint density at radius 1 is 1.29 bits per heavy atom. The number of nitrogens with one attached hydrogen (secondary N) is 1. The minimum Gasteiger partial charge on any atom is -0.335 e. The number of benzene rings is 1. The first-order valence-electron chi connectivity index (χ1n) is 7.66. The fraction of sp³-hybridized carbons (Fsp3) is 0.471. The van der Waals surface area contributed by atoms with Crippen LogP contribution in [-0.4, -0.2) is 27.9 Å². The number of rotatable bonds is 8. The molecule has 2 rings (SSSR count). The average molecular weight is 303 g/mol. The molecule has 4 heteroatoms. The van der Waals surface area contributed by atoms with Crippen molar-refractivity contribution in [2.75, 3.05) is 12.3 Å². The Kier molecular flexibility index (Phi) is 6.33. The van der Waals surface area contributed by atoms with Crippen LogP contribution in [0.2, 0.25) is 0 Å². The Bertz CT molecular complexity index is 550. The van der Waals surface area contributed by atoms with E-state index >= 15 is 0 Å². The third kappa shape index (κ3) is 4.61. The van der Waals surface area contributed by atoms with E-state index in [4.69, 9.17) is 0 Å². The van der Waals surface area contributed by atoms with Gasteiger partial charge in [0, 0.05) is 42.0 Å². The number of imidazole rings is 1. The molecule has 1 N–H and O–H groups in total. The topological polar surface area (TPSA) is 29.9 Å². The summed E-state index contributed by atoms with van der Waals surface area (Å²) in [6.45, 7) is 8.48. The zero-order valence-electron chi connectivity index (χ0n) is 13.2. The second kappa shape index (κ2) is 8.25. The molecule has 0 saturated carbocycles. The summed E-state index contributed by atoms with van der Waals surface area (Å²) in [6.07, 6.45) is 4.94. The van der Waals surface area contributed by atoms with E-state index in [0.29, 0.717) is 6.04 Å². The molecule has 0 spiro atoms. The molecular weight excluding hydrogens is 278 g/mol. The first-order valence-corrected chi connectivity index (χ1v) is 8.65. The average Bonchev–Trinajstić information content (AvgIpc) is 2.93. The third-order valence-electron chi connectivity index (χ3n) is 3.60. The van der Waals surface area contributed by atoms with Crippen molar-refractivity contribution in [2.45, 2.75) is 44.7 Å². The van der Waals surface area contributed by atoms with Gasteiger partial charge < -0.3 is 9.88 Å². The van der Waals surface area contributed by atoms with Crippen LogP contribution in [0.1, 0.15) is 25.2 Å². The van der Waals surface area contributed by atoms with Gasteiger partial charge in [0.25, 0.3) is 0 Å². The Morgan fingerprint density at radius 3 is 2.81 bits per heavy atom. The first kappa shape index (κ1) is 16.1. The van der Waals surface area contributed by atoms with Gasteiger partial charge in [0.1, 0.15) is 5.82 Å². The van der Waals surface area contributed by atoms with Crippen molar-refractivity contribution < 1.29 is 0 Å². The zero-order valence-corrected chi connectivity index (χ0v) is 14.0. The number of hydrogen-bond acceptors (Lipinski definition) is 3. The van der Waals surface area contributed by atoms with Crippen LogP contribution in [0.4, 0.5) is 0 Å². The standard InChI is InChI=1S/C17H25N3S/c1-4-18-15(12-17-19-10-11-20(17)5-2)13-21-16-9-7-6-8-14(16)3/h6-11,15,18H,4-5,12-13H2,1-3H3. The monoisotopic (exact) mass is 303 g/mol. The molecule has 0 aliphatic carbocycles. The number of likely N-dealkylation sites (N-methyl/N-ethyl adjacent to an activating group) is 1. The fourth-order valence-electron chi connectivity index (χ4n) is 2.43. The molecule has 0 fully saturated rings. The second-order valence-electron chi connectivity index (χ2n) is 5.16. The molecule has 0 aliphatic heterocycles. The summed E-state index contributed by atoms with van der Waals surface area (Å²) in [7, 11) is 0. The maximum atomic E-state index is 4.50. The Balaban J connectivity index is 1.97. The number of hydrogen-bond donors (Lipinski definition) is 1. The molecule has 2 aromatic rings. The SMILES string of the molecule is CCNC(CSc1ccccc1C)Cc1nccn1CC. The predicted octanol–water partition coefficient (Wildman–Crippen LogP) is 3.52. The molecule has 0 radical (unpaired) electrons. The van der Waals surface area contributed by atoms with E-state index in [2.05, 4.69) is 66.1 Å². The van der Waals surface area contributed by atoms with E-state index in [1.807, 2.05) is 18.0 Å². The van der Waals surface area contributed by atoms with E-state index < -0.39 is 0 Å². The highest BCUT2D eigenvalue weighted by Crippen LogP contribution is 2.23. The molecule has 1 aromatic heterocycles. The number of thioether (sulfide) groups is 1. The molecule has 114 valence electrons. The van der Waals surface area contributed by atoms with Crippen LogP contribution in [0.15, 0.2) is 41.6 Å². The Labute approximate surface area is 132 Å². The molecule has 21 heavy (non-hydrogen) atoms. The minimum atomic E-state index is 0.451. The maximum Gasteiger partial charge on any atom is 0.110 e. The second-order valence-corrected chi connectivity index (χ2v) is 6.23. The van der Waals surface area contributed by atoms with Gasteiger partial charge in [0.2, 0.25) is 0 Å². The lowest BCUT2D eigenvalue weighted by Gasteiger charge is -2.18. The summed E-state index contributed by atoms with van der Waals surface area (Å²) in [5, 5.41) is 3.59. The highest BCUT2D eigenvalue weighted by atomic mass is 32.2. The predicted molar refractivity (Wildman–Crippen MR) is 91.0 cm³/mol. The molecule has 0 bridgehead atoms. The molecule has 0 amide bonds. The highest BCUT2D eigenvalue weighted by Gasteiger charge is 2.13. The molecular formula is C17H25N3S. The fourth-order valence-corrected chi connectivity index (χ4v) is 3.51. The summed E-state index contributed by atoms with van der Waals surface area (Å²) in [5.41, 5.74) is 1.35. The number of aromatic nitrogens is 2. The van der Waals surface area contributed by atoms with Crippen LogP contribution in [-0.2, 0) is 13.0 Å². The summed E-state index contributed by atoms with van der Waals surface area (Å²) in [4.78, 5) is 5.87. The zero-order chi connectivity index (χ0) is 15.1. The van der Waals surface area contributed by atoms with Gasteiger partial charge in [-0.15, -0.1) is 11.8 Å². The van der Waals surface area contributed by atoms with Gasteiger partial charge in [0.05, 0.1) is 0 Å². The Morgan fingerprint density at radius 2 is 2.10 bits per heavy atom. The summed E-state index contributed by atoms with van der Waals surface area (Å²) < 4.78 is 2.22. The van der Waals surface area contributed by atoms with E-state index in [-0.39, 0.29) is 0 Å². The molecule has 1 aromatic carbocycles. The van der Waals surface area contributed by atoms with Crippen molar-refractivity contribution in [1.29, 1.82) is 0 Å². The molecule has 0 aliphatic rings. The van der Waals surface area contributed by atoms with Gasteiger partial charge in [-0.25, -0.2) is 4.98 Å². The number of nitrogens with zero attached hydrogens (tertiary/aromatic N) is 2. The van der Waals surface area contributed by atoms with Gasteiger partial charge in [-0.3, -0.25) is 0 Å². The lowest BCUT2D eigenvalue weighted by Crippen LogP contribution is -2.34.